The molecule has 1 aliphatic rings. The summed E-state index contributed by atoms with van der Waals surface area (Å²) in [5, 5.41) is 27.6. The summed E-state index contributed by atoms with van der Waals surface area (Å²) in [6, 6.07) is 7.88. The van der Waals surface area contributed by atoms with Crippen LogP contribution in [0.1, 0.15) is 24.8 Å². The fraction of sp³-hybridized carbons (Fsp3) is 0.333. The Morgan fingerprint density at radius 3 is 2.50 bits per heavy atom. The lowest BCUT2D eigenvalue weighted by atomic mass is 9.91. The number of aliphatic carboxylic acids is 1. The highest BCUT2D eigenvalue weighted by atomic mass is 16.5. The number of carboxylic acids is 1. The predicted octanol–water partition coefficient (Wildman–Crippen LogP) is 2.32. The van der Waals surface area contributed by atoms with E-state index >= 15 is 0 Å². The molecular weight excluding hydrogens is 258 g/mol. The largest absolute Gasteiger partial charge is 0.508 e. The van der Waals surface area contributed by atoms with Gasteiger partial charge in [-0.05, 0) is 37.0 Å². The van der Waals surface area contributed by atoms with E-state index < -0.39 is 5.97 Å². The second-order valence-corrected chi connectivity index (χ2v) is 4.61. The molecule has 0 saturated carbocycles. The van der Waals surface area contributed by atoms with Gasteiger partial charge in [0.25, 0.3) is 0 Å². The zero-order valence-corrected chi connectivity index (χ0v) is 10.9. The Kier molecular flexibility index (Phi) is 4.38. The van der Waals surface area contributed by atoms with Crippen LogP contribution in [0, 0.1) is 11.3 Å². The summed E-state index contributed by atoms with van der Waals surface area (Å²) in [5.41, 5.74) is 0.677. The lowest BCUT2D eigenvalue weighted by Gasteiger charge is -2.26. The number of rotatable bonds is 3. The van der Waals surface area contributed by atoms with Gasteiger partial charge in [-0.25, -0.2) is 4.79 Å². The van der Waals surface area contributed by atoms with Gasteiger partial charge in [0.15, 0.2) is 0 Å². The van der Waals surface area contributed by atoms with Crippen molar-refractivity contribution in [1.29, 1.82) is 5.26 Å². The van der Waals surface area contributed by atoms with Gasteiger partial charge in [0.1, 0.15) is 17.4 Å². The van der Waals surface area contributed by atoms with Crippen molar-refractivity contribution in [2.24, 2.45) is 0 Å². The molecule has 1 fully saturated rings. The van der Waals surface area contributed by atoms with Crippen LogP contribution in [0.15, 0.2) is 29.8 Å². The lowest BCUT2D eigenvalue weighted by Crippen LogP contribution is -2.23. The van der Waals surface area contributed by atoms with Crippen molar-refractivity contribution < 1.29 is 19.7 Å². The van der Waals surface area contributed by atoms with E-state index in [0.29, 0.717) is 24.2 Å². The molecule has 1 atom stereocenters. The van der Waals surface area contributed by atoms with Crippen LogP contribution in [0.4, 0.5) is 0 Å². The number of aromatic hydroxyl groups is 1. The molecule has 1 heterocycles. The smallest absolute Gasteiger partial charge is 0.346 e. The highest BCUT2D eigenvalue weighted by molar-refractivity contribution is 6.01. The second-order valence-electron chi connectivity index (χ2n) is 4.61. The molecule has 20 heavy (non-hydrogen) atoms. The summed E-state index contributed by atoms with van der Waals surface area (Å²) < 4.78 is 5.62. The van der Waals surface area contributed by atoms with Crippen LogP contribution < -0.4 is 0 Å². The number of ether oxygens (including phenoxy) is 1. The minimum atomic E-state index is -1.26. The number of benzene rings is 1. The molecule has 1 aromatic rings. The number of phenolic OH excluding ortho intramolecular Hbond substituents is 1. The van der Waals surface area contributed by atoms with Crippen LogP contribution in [-0.2, 0) is 9.53 Å². The van der Waals surface area contributed by atoms with Gasteiger partial charge in [0.2, 0.25) is 0 Å². The van der Waals surface area contributed by atoms with E-state index in [1.165, 1.54) is 12.1 Å². The van der Waals surface area contributed by atoms with Crippen LogP contribution in [0.25, 0.3) is 5.57 Å². The van der Waals surface area contributed by atoms with Crippen molar-refractivity contribution >= 4 is 11.5 Å². The maximum Gasteiger partial charge on any atom is 0.346 e. The Morgan fingerprint density at radius 1 is 1.30 bits per heavy atom. The molecule has 0 aromatic heterocycles. The molecule has 104 valence electrons. The molecule has 0 spiro atoms. The maximum atomic E-state index is 11.3. The van der Waals surface area contributed by atoms with E-state index in [1.807, 2.05) is 0 Å². The minimum Gasteiger partial charge on any atom is -0.508 e. The van der Waals surface area contributed by atoms with Gasteiger partial charge in [-0.1, -0.05) is 12.1 Å². The first kappa shape index (κ1) is 14.1. The molecule has 0 radical (unpaired) electrons. The van der Waals surface area contributed by atoms with Crippen molar-refractivity contribution in [3.63, 3.8) is 0 Å². The normalized spacial score (nSPS) is 19.9. The molecule has 1 saturated heterocycles. The van der Waals surface area contributed by atoms with E-state index in [9.17, 15) is 15.0 Å². The van der Waals surface area contributed by atoms with E-state index in [2.05, 4.69) is 0 Å². The number of phenols is 1. The molecular formula is C15H15NO4. The van der Waals surface area contributed by atoms with Gasteiger partial charge in [-0.3, -0.25) is 0 Å². The first-order chi connectivity index (χ1) is 9.63. The summed E-state index contributed by atoms with van der Waals surface area (Å²) in [4.78, 5) is 11.3. The Bertz CT molecular complexity index is 563. The van der Waals surface area contributed by atoms with Crippen LogP contribution in [0.3, 0.4) is 0 Å². The number of carbonyl (C=O) groups is 1. The maximum absolute atomic E-state index is 11.3. The van der Waals surface area contributed by atoms with Crippen molar-refractivity contribution in [3.8, 4) is 11.8 Å². The molecule has 0 amide bonds. The topological polar surface area (TPSA) is 90.6 Å². The zero-order valence-electron chi connectivity index (χ0n) is 10.9. The number of nitrogens with zero attached hydrogens (tertiary/aromatic N) is 1. The monoisotopic (exact) mass is 273 g/mol. The molecule has 2 N–H and O–H groups in total. The molecule has 5 nitrogen and oxygen atoms in total. The van der Waals surface area contributed by atoms with E-state index in [4.69, 9.17) is 10.00 Å². The highest BCUT2D eigenvalue weighted by Gasteiger charge is 2.26. The quantitative estimate of drug-likeness (QED) is 0.651. The van der Waals surface area contributed by atoms with Crippen molar-refractivity contribution in [2.45, 2.75) is 25.4 Å². The van der Waals surface area contributed by atoms with Gasteiger partial charge in [0.05, 0.1) is 6.10 Å². The van der Waals surface area contributed by atoms with Crippen LogP contribution in [0.5, 0.6) is 5.75 Å². The summed E-state index contributed by atoms with van der Waals surface area (Å²) in [6.07, 6.45) is 2.17. The number of carboxylic acid groups (broad SMARTS) is 1. The van der Waals surface area contributed by atoms with Gasteiger partial charge >= 0.3 is 5.97 Å². The van der Waals surface area contributed by atoms with Gasteiger partial charge in [0, 0.05) is 12.2 Å². The Labute approximate surface area is 116 Å². The Balaban J connectivity index is 2.51. The van der Waals surface area contributed by atoms with Crippen molar-refractivity contribution in [1.82, 2.24) is 0 Å². The summed E-state index contributed by atoms with van der Waals surface area (Å²) in [7, 11) is 0. The fourth-order valence-electron chi connectivity index (χ4n) is 2.32. The van der Waals surface area contributed by atoms with Gasteiger partial charge in [-0.2, -0.15) is 5.26 Å². The van der Waals surface area contributed by atoms with Crippen LogP contribution in [0.2, 0.25) is 0 Å². The SMILES string of the molecule is N#C/C(C(=O)O)=C(\c1ccc(O)cc1)C1CCCCO1. The van der Waals surface area contributed by atoms with E-state index in [1.54, 1.807) is 18.2 Å². The average molecular weight is 273 g/mol. The first-order valence-corrected chi connectivity index (χ1v) is 6.42. The van der Waals surface area contributed by atoms with Crippen LogP contribution in [-0.4, -0.2) is 28.9 Å². The third-order valence-electron chi connectivity index (χ3n) is 3.27. The van der Waals surface area contributed by atoms with E-state index in [0.717, 1.165) is 12.8 Å². The van der Waals surface area contributed by atoms with Crippen molar-refractivity contribution in [2.75, 3.05) is 6.61 Å². The highest BCUT2D eigenvalue weighted by Crippen LogP contribution is 2.31. The standard InChI is InChI=1S/C15H15NO4/c16-9-12(15(18)19)14(13-3-1-2-8-20-13)10-4-6-11(17)7-5-10/h4-7,13,17H,1-3,8H2,(H,18,19)/b14-12-. The van der Waals surface area contributed by atoms with Crippen molar-refractivity contribution in [3.05, 3.63) is 35.4 Å². The predicted molar refractivity (Wildman–Crippen MR) is 71.9 cm³/mol. The average Bonchev–Trinajstić information content (AvgIpc) is 2.46. The molecule has 1 unspecified atom stereocenters. The lowest BCUT2D eigenvalue weighted by molar-refractivity contribution is -0.132. The molecule has 2 rings (SSSR count). The Hall–Kier alpha value is -2.32. The number of hydrogen-bond acceptors (Lipinski definition) is 4. The minimum absolute atomic E-state index is 0.0893. The zero-order chi connectivity index (χ0) is 14.5. The molecule has 0 bridgehead atoms. The molecule has 1 aliphatic heterocycles. The summed E-state index contributed by atoms with van der Waals surface area (Å²) >= 11 is 0. The molecule has 1 aromatic carbocycles. The number of hydrogen-bond donors (Lipinski definition) is 2. The summed E-state index contributed by atoms with van der Waals surface area (Å²) in [5.74, 6) is -1.17. The van der Waals surface area contributed by atoms with Gasteiger partial charge < -0.3 is 14.9 Å². The van der Waals surface area contributed by atoms with Gasteiger partial charge in [-0.15, -0.1) is 0 Å². The first-order valence-electron chi connectivity index (χ1n) is 6.42. The molecule has 0 aliphatic carbocycles. The second kappa shape index (κ2) is 6.22. The molecule has 5 heteroatoms. The third kappa shape index (κ3) is 2.98. The fourth-order valence-corrected chi connectivity index (χ4v) is 2.32. The van der Waals surface area contributed by atoms with Crippen LogP contribution >= 0.6 is 0 Å². The Morgan fingerprint density at radius 2 is 2.00 bits per heavy atom. The van der Waals surface area contributed by atoms with E-state index in [-0.39, 0.29) is 17.4 Å². The third-order valence-corrected chi connectivity index (χ3v) is 3.27. The summed E-state index contributed by atoms with van der Waals surface area (Å²) in [6.45, 7) is 0.560. The number of nitriles is 1.